The van der Waals surface area contributed by atoms with Gasteiger partial charge in [0, 0.05) is 29.3 Å². The Morgan fingerprint density at radius 3 is 2.30 bits per heavy atom. The Kier molecular flexibility index (Phi) is 3.46. The fourth-order valence-electron chi connectivity index (χ4n) is 3.93. The average Bonchev–Trinajstić information content (AvgIpc) is 3.02. The third-order valence-electron chi connectivity index (χ3n) is 4.74. The second-order valence-corrected chi connectivity index (χ2v) is 5.69. The van der Waals surface area contributed by atoms with Crippen molar-refractivity contribution in [2.24, 2.45) is 5.16 Å². The average molecular weight is 280 g/mol. The zero-order valence-electron chi connectivity index (χ0n) is 11.4. The number of benzene rings is 1. The molecule has 5 heteroatoms. The molecular formula is C15H18F2N2O. The molecule has 0 aromatic heterocycles. The molecule has 2 heterocycles. The molecule has 1 aromatic carbocycles. The minimum absolute atomic E-state index is 0.0475. The van der Waals surface area contributed by atoms with E-state index in [4.69, 9.17) is 5.21 Å². The van der Waals surface area contributed by atoms with Gasteiger partial charge in [-0.05, 0) is 44.7 Å². The van der Waals surface area contributed by atoms with Crippen molar-refractivity contribution in [2.75, 3.05) is 0 Å². The van der Waals surface area contributed by atoms with Gasteiger partial charge in [0.1, 0.15) is 11.6 Å². The molecule has 0 aliphatic carbocycles. The van der Waals surface area contributed by atoms with Gasteiger partial charge in [0.25, 0.3) is 0 Å². The second kappa shape index (κ2) is 5.13. The summed E-state index contributed by atoms with van der Waals surface area (Å²) in [6, 6.07) is 2.95. The van der Waals surface area contributed by atoms with Gasteiger partial charge in [0.05, 0.1) is 6.21 Å². The van der Waals surface area contributed by atoms with Crippen LogP contribution in [0.2, 0.25) is 0 Å². The van der Waals surface area contributed by atoms with E-state index < -0.39 is 11.6 Å². The van der Waals surface area contributed by atoms with Crippen LogP contribution >= 0.6 is 0 Å². The van der Waals surface area contributed by atoms with E-state index in [9.17, 15) is 8.78 Å². The van der Waals surface area contributed by atoms with Crippen LogP contribution in [0.3, 0.4) is 0 Å². The van der Waals surface area contributed by atoms with E-state index in [1.165, 1.54) is 0 Å². The van der Waals surface area contributed by atoms with Crippen LogP contribution in [0.25, 0.3) is 0 Å². The maximum absolute atomic E-state index is 14.2. The third kappa shape index (κ3) is 2.00. The van der Waals surface area contributed by atoms with Crippen molar-refractivity contribution >= 4 is 6.21 Å². The first kappa shape index (κ1) is 13.5. The highest BCUT2D eigenvalue weighted by Gasteiger charge is 2.43. The molecule has 3 nitrogen and oxygen atoms in total. The SMILES string of the molecule is CC(c1c(F)ccc(F)c1C=NO)N1C2CCC1CC2. The highest BCUT2D eigenvalue weighted by atomic mass is 19.1. The standard InChI is InChI=1S/C15H18F2N2O/c1-9(19-10-2-3-11(19)5-4-10)15-12(8-18-20)13(16)6-7-14(15)17/h6-11,20H,2-5H2,1H3. The number of rotatable bonds is 3. The molecule has 2 aliphatic heterocycles. The van der Waals surface area contributed by atoms with Crippen LogP contribution in [0.1, 0.15) is 49.8 Å². The lowest BCUT2D eigenvalue weighted by Gasteiger charge is -2.30. The fraction of sp³-hybridized carbons (Fsp3) is 0.533. The summed E-state index contributed by atoms with van der Waals surface area (Å²) in [5.74, 6) is -1.00. The van der Waals surface area contributed by atoms with Gasteiger partial charge in [-0.15, -0.1) is 0 Å². The third-order valence-corrected chi connectivity index (χ3v) is 4.74. The first-order chi connectivity index (χ1) is 9.63. The molecule has 2 bridgehead atoms. The molecular weight excluding hydrogens is 262 g/mol. The Balaban J connectivity index is 2.03. The first-order valence-corrected chi connectivity index (χ1v) is 7.06. The number of halogens is 2. The zero-order valence-corrected chi connectivity index (χ0v) is 11.4. The molecule has 2 aliphatic rings. The van der Waals surface area contributed by atoms with E-state index in [2.05, 4.69) is 10.1 Å². The molecule has 108 valence electrons. The minimum atomic E-state index is -0.558. The highest BCUT2D eigenvalue weighted by Crippen LogP contribution is 2.44. The molecule has 1 atom stereocenters. The molecule has 1 N–H and O–H groups in total. The summed E-state index contributed by atoms with van der Waals surface area (Å²) < 4.78 is 28.1. The molecule has 3 rings (SSSR count). The Hall–Kier alpha value is -1.49. The van der Waals surface area contributed by atoms with Crippen molar-refractivity contribution in [3.8, 4) is 0 Å². The van der Waals surface area contributed by atoms with E-state index in [0.29, 0.717) is 17.6 Å². The molecule has 1 aromatic rings. The lowest BCUT2D eigenvalue weighted by Crippen LogP contribution is -2.32. The van der Waals surface area contributed by atoms with E-state index in [1.807, 2.05) is 6.92 Å². The summed E-state index contributed by atoms with van der Waals surface area (Å²) in [7, 11) is 0. The van der Waals surface area contributed by atoms with E-state index >= 15 is 0 Å². The predicted octanol–water partition coefficient (Wildman–Crippen LogP) is 3.46. The molecule has 0 spiro atoms. The summed E-state index contributed by atoms with van der Waals surface area (Å²) in [6.07, 6.45) is 5.53. The summed E-state index contributed by atoms with van der Waals surface area (Å²) in [5, 5.41) is 11.6. The zero-order chi connectivity index (χ0) is 14.3. The summed E-state index contributed by atoms with van der Waals surface area (Å²) in [6.45, 7) is 1.91. The van der Waals surface area contributed by atoms with Crippen molar-refractivity contribution in [3.05, 3.63) is 34.9 Å². The van der Waals surface area contributed by atoms with Gasteiger partial charge in [0.2, 0.25) is 0 Å². The Morgan fingerprint density at radius 2 is 1.75 bits per heavy atom. The summed E-state index contributed by atoms with van der Waals surface area (Å²) in [4.78, 5) is 2.30. The fourth-order valence-corrected chi connectivity index (χ4v) is 3.93. The smallest absolute Gasteiger partial charge is 0.132 e. The monoisotopic (exact) mass is 280 g/mol. The second-order valence-electron chi connectivity index (χ2n) is 5.69. The minimum Gasteiger partial charge on any atom is -0.411 e. The van der Waals surface area contributed by atoms with Crippen molar-refractivity contribution in [1.29, 1.82) is 0 Å². The number of nitrogens with zero attached hydrogens (tertiary/aromatic N) is 2. The van der Waals surface area contributed by atoms with E-state index in [1.54, 1.807) is 0 Å². The predicted molar refractivity (Wildman–Crippen MR) is 72.0 cm³/mol. The van der Waals surface area contributed by atoms with Crippen molar-refractivity contribution < 1.29 is 14.0 Å². The van der Waals surface area contributed by atoms with Crippen molar-refractivity contribution in [2.45, 2.75) is 50.7 Å². The van der Waals surface area contributed by atoms with E-state index in [-0.39, 0.29) is 11.6 Å². The molecule has 1 unspecified atom stereocenters. The number of hydrogen-bond donors (Lipinski definition) is 1. The molecule has 0 amide bonds. The van der Waals surface area contributed by atoms with Gasteiger partial charge in [0.15, 0.2) is 0 Å². The lowest BCUT2D eigenvalue weighted by atomic mass is 9.99. The molecule has 20 heavy (non-hydrogen) atoms. The largest absolute Gasteiger partial charge is 0.411 e. The van der Waals surface area contributed by atoms with Crippen molar-refractivity contribution in [3.63, 3.8) is 0 Å². The van der Waals surface area contributed by atoms with Crippen LogP contribution in [-0.2, 0) is 0 Å². The van der Waals surface area contributed by atoms with Gasteiger partial charge in [-0.25, -0.2) is 8.78 Å². The quantitative estimate of drug-likeness (QED) is 0.523. The Bertz CT molecular complexity index is 527. The topological polar surface area (TPSA) is 35.8 Å². The maximum atomic E-state index is 14.2. The molecule has 2 saturated heterocycles. The highest BCUT2D eigenvalue weighted by molar-refractivity contribution is 5.82. The molecule has 0 radical (unpaired) electrons. The van der Waals surface area contributed by atoms with Crippen LogP contribution in [0.15, 0.2) is 17.3 Å². The van der Waals surface area contributed by atoms with E-state index in [0.717, 1.165) is 44.0 Å². The number of fused-ring (bicyclic) bond motifs is 2. The first-order valence-electron chi connectivity index (χ1n) is 7.06. The maximum Gasteiger partial charge on any atom is 0.132 e. The number of oxime groups is 1. The molecule has 2 fully saturated rings. The van der Waals surface area contributed by atoms with Crippen LogP contribution in [0.5, 0.6) is 0 Å². The van der Waals surface area contributed by atoms with Gasteiger partial charge >= 0.3 is 0 Å². The number of hydrogen-bond acceptors (Lipinski definition) is 3. The molecule has 0 saturated carbocycles. The Morgan fingerprint density at radius 1 is 1.20 bits per heavy atom. The Labute approximate surface area is 116 Å². The van der Waals surface area contributed by atoms with Crippen LogP contribution < -0.4 is 0 Å². The van der Waals surface area contributed by atoms with Crippen LogP contribution in [0.4, 0.5) is 8.78 Å². The summed E-state index contributed by atoms with van der Waals surface area (Å²) >= 11 is 0. The normalized spacial score (nSPS) is 27.6. The van der Waals surface area contributed by atoms with Gasteiger partial charge < -0.3 is 5.21 Å². The summed E-state index contributed by atoms with van der Waals surface area (Å²) in [5.41, 5.74) is 0.341. The van der Waals surface area contributed by atoms with Gasteiger partial charge in [-0.1, -0.05) is 5.16 Å². The van der Waals surface area contributed by atoms with Crippen LogP contribution in [-0.4, -0.2) is 28.4 Å². The lowest BCUT2D eigenvalue weighted by molar-refractivity contribution is 0.185. The van der Waals surface area contributed by atoms with Crippen LogP contribution in [0, 0.1) is 11.6 Å². The van der Waals surface area contributed by atoms with Gasteiger partial charge in [-0.3, -0.25) is 4.90 Å². The van der Waals surface area contributed by atoms with Gasteiger partial charge in [-0.2, -0.15) is 0 Å². The van der Waals surface area contributed by atoms with Crippen molar-refractivity contribution in [1.82, 2.24) is 4.90 Å².